The molecule has 0 saturated carbocycles. The summed E-state index contributed by atoms with van der Waals surface area (Å²) in [6, 6.07) is 13.1. The minimum atomic E-state index is -0.634. The fourth-order valence-corrected chi connectivity index (χ4v) is 5.74. The molecule has 260 valence electrons. The van der Waals surface area contributed by atoms with Crippen LogP contribution in [-0.4, -0.2) is 89.5 Å². The highest BCUT2D eigenvalue weighted by Crippen LogP contribution is 2.21. The molecule has 0 radical (unpaired) electrons. The van der Waals surface area contributed by atoms with Gasteiger partial charge in [-0.1, -0.05) is 30.9 Å². The number of alkyl carbamates (subject to hydrolysis) is 1. The normalized spacial score (nSPS) is 15.6. The summed E-state index contributed by atoms with van der Waals surface area (Å²) < 4.78 is 4.69. The lowest BCUT2D eigenvalue weighted by molar-refractivity contribution is -0.134. The van der Waals surface area contributed by atoms with Crippen LogP contribution < -0.4 is 16.0 Å². The largest absolute Gasteiger partial charge is 0.453 e. The third-order valence-electron chi connectivity index (χ3n) is 8.31. The van der Waals surface area contributed by atoms with Gasteiger partial charge < -0.3 is 35.7 Å². The molecule has 3 unspecified atom stereocenters. The van der Waals surface area contributed by atoms with E-state index < -0.39 is 18.2 Å². The maximum Gasteiger partial charge on any atom is 0.407 e. The zero-order valence-electron chi connectivity index (χ0n) is 28.6. The number of H-pyrrole nitrogens is 1. The SMILES string of the molecule is C=N/C=C(\NCC1CCCN1C(=O)C(CC)NC(=O)OC)c1ccc(C#Cc2ccc3nc(CCCCNC(=O)CC(C)O)[nH]c3c2)cc1. The Morgan fingerprint density at radius 2 is 1.92 bits per heavy atom. The number of aliphatic hydroxyl groups excluding tert-OH is 1. The van der Waals surface area contributed by atoms with Crippen molar-refractivity contribution in [2.24, 2.45) is 4.99 Å². The smallest absolute Gasteiger partial charge is 0.407 e. The Morgan fingerprint density at radius 1 is 1.16 bits per heavy atom. The molecular formula is C37H47N7O5. The van der Waals surface area contributed by atoms with Gasteiger partial charge in [0.1, 0.15) is 11.9 Å². The van der Waals surface area contributed by atoms with Crippen molar-refractivity contribution in [3.05, 3.63) is 71.2 Å². The summed E-state index contributed by atoms with van der Waals surface area (Å²) in [5.74, 6) is 7.13. The molecule has 12 heteroatoms. The molecule has 12 nitrogen and oxygen atoms in total. The minimum absolute atomic E-state index is 0.0243. The average molecular weight is 670 g/mol. The minimum Gasteiger partial charge on any atom is -0.453 e. The number of ether oxygens (including phenoxy) is 1. The number of imidazole rings is 1. The molecule has 2 aromatic carbocycles. The number of aromatic nitrogens is 2. The molecule has 1 saturated heterocycles. The molecule has 0 spiro atoms. The van der Waals surface area contributed by atoms with Crippen LogP contribution in [-0.2, 0) is 20.7 Å². The van der Waals surface area contributed by atoms with Crippen LogP contribution >= 0.6 is 0 Å². The molecule has 49 heavy (non-hydrogen) atoms. The van der Waals surface area contributed by atoms with E-state index in [4.69, 9.17) is 0 Å². The van der Waals surface area contributed by atoms with Crippen LogP contribution in [0.1, 0.15) is 74.9 Å². The van der Waals surface area contributed by atoms with Gasteiger partial charge in [-0.2, -0.15) is 0 Å². The number of aliphatic hydroxyl groups is 1. The third kappa shape index (κ3) is 10.9. The Hall–Kier alpha value is -5.15. The maximum absolute atomic E-state index is 13.2. The van der Waals surface area contributed by atoms with Crippen LogP contribution in [0, 0.1) is 11.8 Å². The van der Waals surface area contributed by atoms with Crippen LogP contribution in [0.3, 0.4) is 0 Å². The monoisotopic (exact) mass is 669 g/mol. The summed E-state index contributed by atoms with van der Waals surface area (Å²) >= 11 is 0. The van der Waals surface area contributed by atoms with Gasteiger partial charge in [0.2, 0.25) is 11.8 Å². The van der Waals surface area contributed by atoms with Crippen LogP contribution in [0.15, 0.2) is 53.7 Å². The average Bonchev–Trinajstić information content (AvgIpc) is 3.74. The van der Waals surface area contributed by atoms with Crippen molar-refractivity contribution in [2.75, 3.05) is 26.7 Å². The predicted molar refractivity (Wildman–Crippen MR) is 191 cm³/mol. The van der Waals surface area contributed by atoms with E-state index in [1.54, 1.807) is 13.1 Å². The topological polar surface area (TPSA) is 161 Å². The van der Waals surface area contributed by atoms with Crippen LogP contribution in [0.2, 0.25) is 0 Å². The number of aromatic amines is 1. The van der Waals surface area contributed by atoms with Gasteiger partial charge in [-0.15, -0.1) is 0 Å². The molecule has 3 amide bonds. The highest BCUT2D eigenvalue weighted by Gasteiger charge is 2.33. The summed E-state index contributed by atoms with van der Waals surface area (Å²) in [4.78, 5) is 50.5. The van der Waals surface area contributed by atoms with Crippen molar-refractivity contribution in [1.29, 1.82) is 0 Å². The Balaban J connectivity index is 1.32. The maximum atomic E-state index is 13.2. The number of hydrogen-bond acceptors (Lipinski definition) is 8. The fraction of sp³-hybridized carbons (Fsp3) is 0.432. The molecule has 5 N–H and O–H groups in total. The summed E-state index contributed by atoms with van der Waals surface area (Å²) in [5, 5.41) is 18.2. The first-order valence-electron chi connectivity index (χ1n) is 16.8. The Labute approximate surface area is 287 Å². The van der Waals surface area contributed by atoms with Gasteiger partial charge in [0.15, 0.2) is 0 Å². The number of rotatable bonds is 15. The van der Waals surface area contributed by atoms with Crippen molar-refractivity contribution in [3.8, 4) is 11.8 Å². The summed E-state index contributed by atoms with van der Waals surface area (Å²) in [5.41, 5.74) is 5.24. The first kappa shape index (κ1) is 36.7. The molecule has 3 atom stereocenters. The number of unbranched alkanes of at least 4 members (excludes halogenated alkanes) is 1. The predicted octanol–water partition coefficient (Wildman–Crippen LogP) is 3.89. The number of hydrogen-bond donors (Lipinski definition) is 5. The van der Waals surface area contributed by atoms with E-state index >= 15 is 0 Å². The second-order valence-corrected chi connectivity index (χ2v) is 12.1. The summed E-state index contributed by atoms with van der Waals surface area (Å²) in [6.07, 6.45) is 5.23. The lowest BCUT2D eigenvalue weighted by Gasteiger charge is -2.29. The number of nitrogens with zero attached hydrogens (tertiary/aromatic N) is 3. The lowest BCUT2D eigenvalue weighted by atomic mass is 10.1. The number of carbonyl (C=O) groups is 3. The van der Waals surface area contributed by atoms with Crippen molar-refractivity contribution in [2.45, 2.75) is 77.0 Å². The van der Waals surface area contributed by atoms with E-state index in [2.05, 4.69) is 54.2 Å². The zero-order valence-corrected chi connectivity index (χ0v) is 28.6. The van der Waals surface area contributed by atoms with Crippen molar-refractivity contribution in [3.63, 3.8) is 0 Å². The second-order valence-electron chi connectivity index (χ2n) is 12.1. The van der Waals surface area contributed by atoms with Gasteiger partial charge in [0, 0.05) is 49.4 Å². The Morgan fingerprint density at radius 3 is 2.63 bits per heavy atom. The molecule has 4 rings (SSSR count). The third-order valence-corrected chi connectivity index (χ3v) is 8.31. The first-order valence-corrected chi connectivity index (χ1v) is 16.8. The number of nitrogens with one attached hydrogen (secondary N) is 4. The molecule has 1 aliphatic rings. The number of benzene rings is 2. The molecule has 1 aromatic heterocycles. The lowest BCUT2D eigenvalue weighted by Crippen LogP contribution is -2.51. The molecule has 1 fully saturated rings. The quantitative estimate of drug-likeness (QED) is 0.0932. The van der Waals surface area contributed by atoms with Crippen molar-refractivity contribution in [1.82, 2.24) is 30.8 Å². The Bertz CT molecular complexity index is 1690. The van der Waals surface area contributed by atoms with Gasteiger partial charge >= 0.3 is 6.09 Å². The van der Waals surface area contributed by atoms with E-state index in [1.807, 2.05) is 54.3 Å². The number of amides is 3. The number of methoxy groups -OCH3 is 1. The molecule has 0 bridgehead atoms. The van der Waals surface area contributed by atoms with Crippen LogP contribution in [0.25, 0.3) is 16.7 Å². The van der Waals surface area contributed by atoms with E-state index in [-0.39, 0.29) is 24.3 Å². The summed E-state index contributed by atoms with van der Waals surface area (Å²) in [7, 11) is 1.28. The molecule has 1 aliphatic heterocycles. The first-order chi connectivity index (χ1) is 23.7. The number of fused-ring (bicyclic) bond motifs is 1. The second kappa shape index (κ2) is 18.4. The molecular weight excluding hydrogens is 622 g/mol. The van der Waals surface area contributed by atoms with Gasteiger partial charge in [-0.3, -0.25) is 14.6 Å². The van der Waals surface area contributed by atoms with Gasteiger partial charge in [0.05, 0.1) is 36.4 Å². The van der Waals surface area contributed by atoms with E-state index in [1.165, 1.54) is 7.11 Å². The van der Waals surface area contributed by atoms with Gasteiger partial charge in [0.25, 0.3) is 0 Å². The van der Waals surface area contributed by atoms with Gasteiger partial charge in [-0.05, 0) is 81.6 Å². The van der Waals surface area contributed by atoms with Crippen LogP contribution in [0.5, 0.6) is 0 Å². The molecule has 2 heterocycles. The van der Waals surface area contributed by atoms with E-state index in [0.29, 0.717) is 26.1 Å². The molecule has 3 aromatic rings. The zero-order chi connectivity index (χ0) is 35.2. The number of aryl methyl sites for hydroxylation is 1. The number of likely N-dealkylation sites (tertiary alicyclic amines) is 1. The van der Waals surface area contributed by atoms with E-state index in [0.717, 1.165) is 71.3 Å². The fourth-order valence-electron chi connectivity index (χ4n) is 5.74. The molecule has 0 aliphatic carbocycles. The standard InChI is InChI=1S/C37H47N7O5/c1-5-30(43-37(48)49-4)36(47)44-20-8-9-29(44)23-40-33(24-38-3)28-16-13-26(14-17-28)11-12-27-15-18-31-32(22-27)42-34(41-31)10-6-7-19-39-35(46)21-25(2)45/h13-18,22,24-25,29-30,40,45H,3,5-10,19-21,23H2,1-2,4H3,(H,39,46)(H,41,42)(H,43,48)/b33-24-. The number of aliphatic imine (C=N–C) groups is 1. The highest BCUT2D eigenvalue weighted by molar-refractivity contribution is 5.86. The summed E-state index contributed by atoms with van der Waals surface area (Å²) in [6.45, 7) is 8.83. The highest BCUT2D eigenvalue weighted by atomic mass is 16.5. The van der Waals surface area contributed by atoms with Gasteiger partial charge in [-0.25, -0.2) is 9.78 Å². The van der Waals surface area contributed by atoms with E-state index in [9.17, 15) is 19.5 Å². The van der Waals surface area contributed by atoms with Crippen molar-refractivity contribution < 1.29 is 24.2 Å². The number of carbonyl (C=O) groups excluding carboxylic acids is 3. The van der Waals surface area contributed by atoms with Crippen LogP contribution in [0.4, 0.5) is 4.79 Å². The van der Waals surface area contributed by atoms with Crippen molar-refractivity contribution >= 4 is 41.4 Å². The Kier molecular flexibility index (Phi) is 13.8.